The first kappa shape index (κ1) is 18.7. The lowest BCUT2D eigenvalue weighted by atomic mass is 10.2. The normalized spacial score (nSPS) is 10.3. The molecule has 0 radical (unpaired) electrons. The molecule has 0 bridgehead atoms. The molecule has 2 aromatic carbocycles. The number of hydrogen-bond donors (Lipinski definition) is 2. The van der Waals surface area contributed by atoms with Crippen molar-refractivity contribution in [2.24, 2.45) is 0 Å². The molecule has 2 N–H and O–H groups in total. The van der Waals surface area contributed by atoms with E-state index in [-0.39, 0.29) is 11.6 Å². The fourth-order valence-corrected chi connectivity index (χ4v) is 2.66. The van der Waals surface area contributed by atoms with E-state index in [1.54, 1.807) is 37.3 Å². The Balaban J connectivity index is 1.83. The summed E-state index contributed by atoms with van der Waals surface area (Å²) in [5.74, 6) is 0.664. The summed E-state index contributed by atoms with van der Waals surface area (Å²) in [5.41, 5.74) is 2.24. The summed E-state index contributed by atoms with van der Waals surface area (Å²) in [7, 11) is 0. The molecule has 0 saturated heterocycles. The number of carbonyl (C=O) groups excluding carboxylic acids is 1. The van der Waals surface area contributed by atoms with Gasteiger partial charge in [0, 0.05) is 16.4 Å². The van der Waals surface area contributed by atoms with Crippen LogP contribution in [-0.4, -0.2) is 22.5 Å². The van der Waals surface area contributed by atoms with Gasteiger partial charge < -0.3 is 15.4 Å². The standard InChI is InChI=1S/C20H19ClN4O2/c1-3-27-18-10-5-4-9-16(18)24-20-22-13(2)11-17(25-20)19(26)23-15-8-6-7-14(21)12-15/h4-12H,3H2,1-2H3,(H,23,26)(H,22,24,25). The molecule has 3 aromatic rings. The Morgan fingerprint density at radius 2 is 1.93 bits per heavy atom. The van der Waals surface area contributed by atoms with Crippen molar-refractivity contribution < 1.29 is 9.53 Å². The van der Waals surface area contributed by atoms with Gasteiger partial charge in [0.05, 0.1) is 12.3 Å². The number of ether oxygens (including phenoxy) is 1. The number of para-hydroxylation sites is 2. The number of nitrogens with zero attached hydrogens (tertiary/aromatic N) is 2. The number of carbonyl (C=O) groups is 1. The maximum atomic E-state index is 12.6. The van der Waals surface area contributed by atoms with Crippen molar-refractivity contribution >= 4 is 34.8 Å². The van der Waals surface area contributed by atoms with Crippen LogP contribution in [0, 0.1) is 6.92 Å². The van der Waals surface area contributed by atoms with E-state index in [0.29, 0.717) is 34.7 Å². The molecule has 0 fully saturated rings. The van der Waals surface area contributed by atoms with Gasteiger partial charge in [0.25, 0.3) is 5.91 Å². The molecule has 0 aliphatic heterocycles. The van der Waals surface area contributed by atoms with Crippen LogP contribution in [-0.2, 0) is 0 Å². The van der Waals surface area contributed by atoms with Crippen molar-refractivity contribution in [1.29, 1.82) is 0 Å². The van der Waals surface area contributed by atoms with Crippen LogP contribution in [0.4, 0.5) is 17.3 Å². The molecule has 7 heteroatoms. The number of anilines is 3. The summed E-state index contributed by atoms with van der Waals surface area (Å²) in [6, 6.07) is 16.0. The van der Waals surface area contributed by atoms with Crippen molar-refractivity contribution in [3.8, 4) is 5.75 Å². The van der Waals surface area contributed by atoms with Gasteiger partial charge in [0.15, 0.2) is 0 Å². The molecule has 0 saturated carbocycles. The molecule has 27 heavy (non-hydrogen) atoms. The lowest BCUT2D eigenvalue weighted by Gasteiger charge is -2.12. The summed E-state index contributed by atoms with van der Waals surface area (Å²) in [6.45, 7) is 4.26. The zero-order valence-electron chi connectivity index (χ0n) is 15.0. The number of halogens is 1. The van der Waals surface area contributed by atoms with E-state index in [9.17, 15) is 4.79 Å². The maximum Gasteiger partial charge on any atom is 0.274 e. The van der Waals surface area contributed by atoms with E-state index in [2.05, 4.69) is 20.6 Å². The summed E-state index contributed by atoms with van der Waals surface area (Å²) in [4.78, 5) is 21.2. The summed E-state index contributed by atoms with van der Waals surface area (Å²) in [6.07, 6.45) is 0. The van der Waals surface area contributed by atoms with E-state index in [4.69, 9.17) is 16.3 Å². The highest BCUT2D eigenvalue weighted by atomic mass is 35.5. The molecule has 6 nitrogen and oxygen atoms in total. The van der Waals surface area contributed by atoms with Gasteiger partial charge in [-0.15, -0.1) is 0 Å². The largest absolute Gasteiger partial charge is 0.492 e. The summed E-state index contributed by atoms with van der Waals surface area (Å²) < 4.78 is 5.60. The summed E-state index contributed by atoms with van der Waals surface area (Å²) >= 11 is 5.96. The van der Waals surface area contributed by atoms with Crippen molar-refractivity contribution in [3.05, 3.63) is 71.0 Å². The molecule has 0 aliphatic carbocycles. The van der Waals surface area contributed by atoms with Gasteiger partial charge >= 0.3 is 0 Å². The van der Waals surface area contributed by atoms with E-state index in [0.717, 1.165) is 5.69 Å². The third kappa shape index (κ3) is 4.95. The third-order valence-corrected chi connectivity index (χ3v) is 3.84. The second kappa shape index (κ2) is 8.51. The molecule has 138 valence electrons. The first-order chi connectivity index (χ1) is 13.0. The van der Waals surface area contributed by atoms with Crippen LogP contribution in [0.25, 0.3) is 0 Å². The fourth-order valence-electron chi connectivity index (χ4n) is 2.47. The monoisotopic (exact) mass is 382 g/mol. The molecule has 1 heterocycles. The molecule has 0 unspecified atom stereocenters. The Morgan fingerprint density at radius 1 is 1.11 bits per heavy atom. The zero-order valence-corrected chi connectivity index (χ0v) is 15.7. The zero-order chi connectivity index (χ0) is 19.2. The lowest BCUT2D eigenvalue weighted by molar-refractivity contribution is 0.102. The average molecular weight is 383 g/mol. The van der Waals surface area contributed by atoms with Gasteiger partial charge in [0.1, 0.15) is 11.4 Å². The highest BCUT2D eigenvalue weighted by Gasteiger charge is 2.12. The number of aryl methyl sites for hydroxylation is 1. The number of amides is 1. The Hall–Kier alpha value is -3.12. The van der Waals surface area contributed by atoms with Crippen LogP contribution < -0.4 is 15.4 Å². The highest BCUT2D eigenvalue weighted by Crippen LogP contribution is 2.26. The SMILES string of the molecule is CCOc1ccccc1Nc1nc(C)cc(C(=O)Nc2cccc(Cl)c2)n1. The van der Waals surface area contributed by atoms with Gasteiger partial charge in [-0.1, -0.05) is 29.8 Å². The van der Waals surface area contributed by atoms with Gasteiger partial charge in [-0.05, 0) is 50.2 Å². The number of benzene rings is 2. The molecule has 3 rings (SSSR count). The van der Waals surface area contributed by atoms with E-state index in [1.165, 1.54) is 0 Å². The lowest BCUT2D eigenvalue weighted by Crippen LogP contribution is -2.15. The predicted molar refractivity (Wildman–Crippen MR) is 107 cm³/mol. The number of aromatic nitrogens is 2. The Morgan fingerprint density at radius 3 is 2.70 bits per heavy atom. The molecular weight excluding hydrogens is 364 g/mol. The van der Waals surface area contributed by atoms with Crippen molar-refractivity contribution in [2.75, 3.05) is 17.2 Å². The van der Waals surface area contributed by atoms with Crippen LogP contribution in [0.1, 0.15) is 23.1 Å². The smallest absolute Gasteiger partial charge is 0.274 e. The Bertz CT molecular complexity index is 962. The van der Waals surface area contributed by atoms with Gasteiger partial charge in [0.2, 0.25) is 5.95 Å². The first-order valence-corrected chi connectivity index (χ1v) is 8.84. The molecule has 0 atom stereocenters. The minimum absolute atomic E-state index is 0.249. The van der Waals surface area contributed by atoms with Crippen molar-refractivity contribution in [1.82, 2.24) is 9.97 Å². The van der Waals surface area contributed by atoms with Crippen LogP contribution in [0.15, 0.2) is 54.6 Å². The maximum absolute atomic E-state index is 12.6. The number of hydrogen-bond acceptors (Lipinski definition) is 5. The third-order valence-electron chi connectivity index (χ3n) is 3.60. The van der Waals surface area contributed by atoms with Gasteiger partial charge in [-0.3, -0.25) is 4.79 Å². The van der Waals surface area contributed by atoms with E-state index >= 15 is 0 Å². The Kier molecular flexibility index (Phi) is 5.88. The highest BCUT2D eigenvalue weighted by molar-refractivity contribution is 6.30. The van der Waals surface area contributed by atoms with Crippen molar-refractivity contribution in [2.45, 2.75) is 13.8 Å². The Labute approximate surface area is 162 Å². The average Bonchev–Trinajstić information content (AvgIpc) is 2.63. The molecule has 0 spiro atoms. The van der Waals surface area contributed by atoms with Crippen LogP contribution >= 0.6 is 11.6 Å². The molecular formula is C20H19ClN4O2. The van der Waals surface area contributed by atoms with E-state index < -0.39 is 0 Å². The molecule has 1 aromatic heterocycles. The second-order valence-corrected chi connectivity index (χ2v) is 6.17. The second-order valence-electron chi connectivity index (χ2n) is 5.74. The fraction of sp³-hybridized carbons (Fsp3) is 0.150. The van der Waals surface area contributed by atoms with Gasteiger partial charge in [-0.2, -0.15) is 0 Å². The predicted octanol–water partition coefficient (Wildman–Crippen LogP) is 4.83. The minimum Gasteiger partial charge on any atom is -0.492 e. The topological polar surface area (TPSA) is 76.1 Å². The summed E-state index contributed by atoms with van der Waals surface area (Å²) in [5, 5.41) is 6.44. The quantitative estimate of drug-likeness (QED) is 0.638. The van der Waals surface area contributed by atoms with Crippen LogP contribution in [0.2, 0.25) is 5.02 Å². The van der Waals surface area contributed by atoms with Crippen LogP contribution in [0.3, 0.4) is 0 Å². The molecule has 0 aliphatic rings. The molecule has 1 amide bonds. The van der Waals surface area contributed by atoms with E-state index in [1.807, 2.05) is 31.2 Å². The van der Waals surface area contributed by atoms with Gasteiger partial charge in [-0.25, -0.2) is 9.97 Å². The van der Waals surface area contributed by atoms with Crippen molar-refractivity contribution in [3.63, 3.8) is 0 Å². The first-order valence-electron chi connectivity index (χ1n) is 8.46. The minimum atomic E-state index is -0.344. The number of nitrogens with one attached hydrogen (secondary N) is 2. The van der Waals surface area contributed by atoms with Crippen LogP contribution in [0.5, 0.6) is 5.75 Å². The number of rotatable bonds is 6.